The molecule has 32 heavy (non-hydrogen) atoms. The summed E-state index contributed by atoms with van der Waals surface area (Å²) in [5.41, 5.74) is 3.11. The molecule has 4 rings (SSSR count). The van der Waals surface area contributed by atoms with Crippen molar-refractivity contribution in [2.45, 2.75) is 44.2 Å². The van der Waals surface area contributed by atoms with Crippen molar-refractivity contribution >= 4 is 17.7 Å². The first-order valence-corrected chi connectivity index (χ1v) is 11.4. The molecule has 2 unspecified atom stereocenters. The predicted molar refractivity (Wildman–Crippen MR) is 123 cm³/mol. The van der Waals surface area contributed by atoms with E-state index in [1.807, 2.05) is 53.2 Å². The van der Waals surface area contributed by atoms with Gasteiger partial charge in [0.1, 0.15) is 11.9 Å². The van der Waals surface area contributed by atoms with Crippen molar-refractivity contribution in [1.82, 2.24) is 14.8 Å². The number of amides is 1. The van der Waals surface area contributed by atoms with Crippen molar-refractivity contribution in [2.24, 2.45) is 0 Å². The second-order valence-electron chi connectivity index (χ2n) is 8.62. The molecule has 0 bridgehead atoms. The number of carbonyl (C=O) groups excluding carboxylic acids is 2. The van der Waals surface area contributed by atoms with Crippen molar-refractivity contribution in [3.05, 3.63) is 59.3 Å². The molecular weight excluding hydrogens is 404 g/mol. The van der Waals surface area contributed by atoms with E-state index in [2.05, 4.69) is 11.4 Å². The number of esters is 1. The lowest BCUT2D eigenvalue weighted by Gasteiger charge is -2.31. The van der Waals surface area contributed by atoms with E-state index in [0.717, 1.165) is 42.9 Å². The molecule has 2 atom stereocenters. The number of nitrogens with one attached hydrogen (secondary N) is 1. The maximum absolute atomic E-state index is 12.9. The summed E-state index contributed by atoms with van der Waals surface area (Å²) in [5.74, 6) is 0.831. The van der Waals surface area contributed by atoms with E-state index in [1.54, 1.807) is 0 Å². The fourth-order valence-electron chi connectivity index (χ4n) is 4.70. The van der Waals surface area contributed by atoms with Gasteiger partial charge in [0, 0.05) is 37.8 Å². The molecule has 1 aromatic carbocycles. The first kappa shape index (κ1) is 22.3. The summed E-state index contributed by atoms with van der Waals surface area (Å²) in [6.45, 7) is 2.28. The highest BCUT2D eigenvalue weighted by Gasteiger charge is 2.35. The minimum absolute atomic E-state index is 0.106. The van der Waals surface area contributed by atoms with E-state index in [0.29, 0.717) is 25.9 Å². The molecule has 0 spiro atoms. The third-order valence-electron chi connectivity index (χ3n) is 6.59. The molecule has 1 amide bonds. The summed E-state index contributed by atoms with van der Waals surface area (Å²) in [5, 5.41) is 3.35. The fourth-order valence-corrected chi connectivity index (χ4v) is 4.70. The van der Waals surface area contributed by atoms with Crippen LogP contribution in [0.3, 0.4) is 0 Å². The Morgan fingerprint density at radius 1 is 1.25 bits per heavy atom. The first-order chi connectivity index (χ1) is 15.6. The second-order valence-corrected chi connectivity index (χ2v) is 8.62. The Kier molecular flexibility index (Phi) is 7.05. The van der Waals surface area contributed by atoms with Crippen LogP contribution in [-0.2, 0) is 27.2 Å². The van der Waals surface area contributed by atoms with Gasteiger partial charge < -0.3 is 15.0 Å². The number of anilines is 1. The number of ether oxygens (including phenoxy) is 1. The third-order valence-corrected chi connectivity index (χ3v) is 6.59. The number of likely N-dealkylation sites (tertiary alicyclic amines) is 1. The van der Waals surface area contributed by atoms with Gasteiger partial charge in [0.2, 0.25) is 5.91 Å². The van der Waals surface area contributed by atoms with Gasteiger partial charge >= 0.3 is 5.97 Å². The smallest absolute Gasteiger partial charge is 0.327 e. The number of hydrogen-bond donors (Lipinski definition) is 1. The Labute approximate surface area is 189 Å². The molecule has 1 fully saturated rings. The van der Waals surface area contributed by atoms with Crippen molar-refractivity contribution in [3.8, 4) is 0 Å². The van der Waals surface area contributed by atoms with Gasteiger partial charge in [-0.25, -0.2) is 9.78 Å². The van der Waals surface area contributed by atoms with E-state index in [-0.39, 0.29) is 17.9 Å². The number of pyridine rings is 1. The van der Waals surface area contributed by atoms with Gasteiger partial charge in [-0.1, -0.05) is 36.4 Å². The van der Waals surface area contributed by atoms with Crippen LogP contribution in [0, 0.1) is 0 Å². The van der Waals surface area contributed by atoms with Crippen LogP contribution >= 0.6 is 0 Å². The number of benzene rings is 1. The predicted octanol–water partition coefficient (Wildman–Crippen LogP) is 2.82. The standard InChI is InChI=1S/C25H32N4O3/c1-28(23(25(31)32-2)18-7-4-3-5-8-18)21-14-16-29(17-21)22(30)13-12-20-11-10-19-9-6-15-26-24(19)27-20/h3-5,7-8,10-11,21,23H,6,9,12-17H2,1-2H3,(H,26,27). The Hall–Kier alpha value is -2.93. The van der Waals surface area contributed by atoms with Gasteiger partial charge in [-0.05, 0) is 49.9 Å². The number of fused-ring (bicyclic) bond motifs is 1. The number of nitrogens with zero attached hydrogens (tertiary/aromatic N) is 3. The van der Waals surface area contributed by atoms with Crippen LogP contribution < -0.4 is 5.32 Å². The molecule has 2 aromatic rings. The number of aryl methyl sites for hydroxylation is 2. The van der Waals surface area contributed by atoms with Crippen molar-refractivity contribution in [2.75, 3.05) is 39.1 Å². The fraction of sp³-hybridized carbons (Fsp3) is 0.480. The number of aromatic nitrogens is 1. The highest BCUT2D eigenvalue weighted by molar-refractivity contribution is 5.78. The molecule has 170 valence electrons. The van der Waals surface area contributed by atoms with Crippen LogP contribution in [0.5, 0.6) is 0 Å². The molecular formula is C25H32N4O3. The first-order valence-electron chi connectivity index (χ1n) is 11.4. The zero-order valence-electron chi connectivity index (χ0n) is 18.9. The molecule has 1 aromatic heterocycles. The number of rotatable bonds is 7. The van der Waals surface area contributed by atoms with E-state index in [4.69, 9.17) is 9.72 Å². The Bertz CT molecular complexity index is 949. The topological polar surface area (TPSA) is 74.8 Å². The summed E-state index contributed by atoms with van der Waals surface area (Å²) in [4.78, 5) is 34.1. The number of methoxy groups -OCH3 is 1. The maximum Gasteiger partial charge on any atom is 0.327 e. The van der Waals surface area contributed by atoms with Crippen LogP contribution in [0.4, 0.5) is 5.82 Å². The van der Waals surface area contributed by atoms with Crippen LogP contribution in [0.25, 0.3) is 0 Å². The van der Waals surface area contributed by atoms with Crippen molar-refractivity contribution in [3.63, 3.8) is 0 Å². The minimum Gasteiger partial charge on any atom is -0.468 e. The maximum atomic E-state index is 12.9. The van der Waals surface area contributed by atoms with Crippen molar-refractivity contribution in [1.29, 1.82) is 0 Å². The molecule has 0 aliphatic carbocycles. The second kappa shape index (κ2) is 10.1. The summed E-state index contributed by atoms with van der Waals surface area (Å²) in [6.07, 6.45) is 4.12. The van der Waals surface area contributed by atoms with Gasteiger partial charge in [0.05, 0.1) is 7.11 Å². The summed E-state index contributed by atoms with van der Waals surface area (Å²) in [7, 11) is 3.36. The van der Waals surface area contributed by atoms with Crippen LogP contribution in [-0.4, -0.2) is 66.5 Å². The van der Waals surface area contributed by atoms with Gasteiger partial charge in [-0.3, -0.25) is 9.69 Å². The molecule has 0 saturated carbocycles. The lowest BCUT2D eigenvalue weighted by molar-refractivity contribution is -0.147. The Morgan fingerprint density at radius 3 is 2.84 bits per heavy atom. The quantitative estimate of drug-likeness (QED) is 0.673. The largest absolute Gasteiger partial charge is 0.468 e. The number of carbonyl (C=O) groups is 2. The lowest BCUT2D eigenvalue weighted by Crippen LogP contribution is -2.41. The van der Waals surface area contributed by atoms with E-state index >= 15 is 0 Å². The Balaban J connectivity index is 1.35. The van der Waals surface area contributed by atoms with Crippen LogP contribution in [0.2, 0.25) is 0 Å². The zero-order valence-corrected chi connectivity index (χ0v) is 18.9. The normalized spacial score (nSPS) is 18.7. The molecule has 7 nitrogen and oxygen atoms in total. The monoisotopic (exact) mass is 436 g/mol. The van der Waals surface area contributed by atoms with Gasteiger partial charge in [-0.2, -0.15) is 0 Å². The number of hydrogen-bond acceptors (Lipinski definition) is 6. The van der Waals surface area contributed by atoms with E-state index in [1.165, 1.54) is 12.7 Å². The van der Waals surface area contributed by atoms with Gasteiger partial charge in [0.15, 0.2) is 0 Å². The van der Waals surface area contributed by atoms with Crippen molar-refractivity contribution < 1.29 is 14.3 Å². The molecule has 2 aliphatic rings. The highest BCUT2D eigenvalue weighted by Crippen LogP contribution is 2.27. The summed E-state index contributed by atoms with van der Waals surface area (Å²) < 4.78 is 5.08. The summed E-state index contributed by atoms with van der Waals surface area (Å²) in [6, 6.07) is 13.5. The van der Waals surface area contributed by atoms with Gasteiger partial charge in [-0.15, -0.1) is 0 Å². The molecule has 0 radical (unpaired) electrons. The average Bonchev–Trinajstić information content (AvgIpc) is 3.33. The SMILES string of the molecule is COC(=O)C(c1ccccc1)N(C)C1CCN(C(=O)CCc2ccc3c(n2)NCCC3)C1. The van der Waals surface area contributed by atoms with Gasteiger partial charge in [0.25, 0.3) is 0 Å². The van der Waals surface area contributed by atoms with Crippen LogP contribution in [0.1, 0.15) is 42.1 Å². The molecule has 2 aliphatic heterocycles. The number of likely N-dealkylation sites (N-methyl/N-ethyl adjacent to an activating group) is 1. The highest BCUT2D eigenvalue weighted by atomic mass is 16.5. The summed E-state index contributed by atoms with van der Waals surface area (Å²) >= 11 is 0. The zero-order chi connectivity index (χ0) is 22.5. The van der Waals surface area contributed by atoms with E-state index in [9.17, 15) is 9.59 Å². The third kappa shape index (κ3) is 4.93. The average molecular weight is 437 g/mol. The lowest BCUT2D eigenvalue weighted by atomic mass is 10.0. The molecule has 1 saturated heterocycles. The molecule has 3 heterocycles. The molecule has 1 N–H and O–H groups in total. The minimum atomic E-state index is -0.478. The Morgan fingerprint density at radius 2 is 2.06 bits per heavy atom. The van der Waals surface area contributed by atoms with E-state index < -0.39 is 6.04 Å². The van der Waals surface area contributed by atoms with Crippen LogP contribution in [0.15, 0.2) is 42.5 Å². The molecule has 7 heteroatoms.